The SMILES string of the molecule is C[C@H](CN1CCCCC1)OC(=O)N1CCc2ccccc2C1c1ccccc1. The van der Waals surface area contributed by atoms with E-state index in [1.54, 1.807) is 0 Å². The molecule has 148 valence electrons. The summed E-state index contributed by atoms with van der Waals surface area (Å²) >= 11 is 0. The monoisotopic (exact) mass is 378 g/mol. The van der Waals surface area contributed by atoms with E-state index in [9.17, 15) is 4.79 Å². The zero-order valence-corrected chi connectivity index (χ0v) is 16.7. The Bertz CT molecular complexity index is 786. The number of fused-ring (bicyclic) bond motifs is 1. The first-order valence-electron chi connectivity index (χ1n) is 10.5. The molecular formula is C24H30N2O2. The fourth-order valence-corrected chi connectivity index (χ4v) is 4.54. The van der Waals surface area contributed by atoms with E-state index >= 15 is 0 Å². The number of carbonyl (C=O) groups excluding carboxylic acids is 1. The smallest absolute Gasteiger partial charge is 0.410 e. The summed E-state index contributed by atoms with van der Waals surface area (Å²) in [5, 5.41) is 0. The van der Waals surface area contributed by atoms with E-state index in [1.165, 1.54) is 30.4 Å². The molecule has 0 spiro atoms. The minimum absolute atomic E-state index is 0.0826. The predicted molar refractivity (Wildman–Crippen MR) is 111 cm³/mol. The van der Waals surface area contributed by atoms with Crippen molar-refractivity contribution in [2.75, 3.05) is 26.2 Å². The highest BCUT2D eigenvalue weighted by Crippen LogP contribution is 2.35. The van der Waals surface area contributed by atoms with E-state index in [0.29, 0.717) is 6.54 Å². The van der Waals surface area contributed by atoms with Crippen LogP contribution >= 0.6 is 0 Å². The van der Waals surface area contributed by atoms with E-state index in [0.717, 1.165) is 31.6 Å². The molecule has 0 radical (unpaired) electrons. The second-order valence-corrected chi connectivity index (χ2v) is 8.01. The molecule has 2 aromatic rings. The van der Waals surface area contributed by atoms with Gasteiger partial charge in [0.15, 0.2) is 0 Å². The Morgan fingerprint density at radius 3 is 2.50 bits per heavy atom. The van der Waals surface area contributed by atoms with Crippen molar-refractivity contribution in [1.29, 1.82) is 0 Å². The number of benzene rings is 2. The second kappa shape index (κ2) is 8.78. The third-order valence-corrected chi connectivity index (χ3v) is 5.90. The van der Waals surface area contributed by atoms with E-state index in [-0.39, 0.29) is 18.2 Å². The fourth-order valence-electron chi connectivity index (χ4n) is 4.54. The average Bonchev–Trinajstić information content (AvgIpc) is 2.74. The summed E-state index contributed by atoms with van der Waals surface area (Å²) in [5.41, 5.74) is 3.66. The van der Waals surface area contributed by atoms with Gasteiger partial charge in [0.25, 0.3) is 0 Å². The lowest BCUT2D eigenvalue weighted by molar-refractivity contribution is 0.0402. The van der Waals surface area contributed by atoms with E-state index in [2.05, 4.69) is 41.3 Å². The van der Waals surface area contributed by atoms with Crippen LogP contribution in [0.25, 0.3) is 0 Å². The van der Waals surface area contributed by atoms with Crippen LogP contribution in [0.4, 0.5) is 4.79 Å². The average molecular weight is 379 g/mol. The van der Waals surface area contributed by atoms with Gasteiger partial charge in [-0.1, -0.05) is 61.0 Å². The maximum Gasteiger partial charge on any atom is 0.410 e. The van der Waals surface area contributed by atoms with Crippen molar-refractivity contribution in [3.05, 3.63) is 71.3 Å². The van der Waals surface area contributed by atoms with Crippen LogP contribution in [-0.4, -0.2) is 48.2 Å². The van der Waals surface area contributed by atoms with Crippen LogP contribution in [-0.2, 0) is 11.2 Å². The van der Waals surface area contributed by atoms with Crippen LogP contribution in [0.1, 0.15) is 48.9 Å². The molecule has 4 nitrogen and oxygen atoms in total. The molecule has 2 heterocycles. The Hall–Kier alpha value is -2.33. The lowest BCUT2D eigenvalue weighted by atomic mass is 9.88. The van der Waals surface area contributed by atoms with Gasteiger partial charge in [-0.2, -0.15) is 0 Å². The molecule has 4 rings (SSSR count). The van der Waals surface area contributed by atoms with E-state index in [1.807, 2.05) is 30.0 Å². The molecule has 1 amide bonds. The van der Waals surface area contributed by atoms with Gasteiger partial charge in [-0.15, -0.1) is 0 Å². The molecule has 4 heteroatoms. The summed E-state index contributed by atoms with van der Waals surface area (Å²) in [6.07, 6.45) is 4.39. The molecule has 0 aromatic heterocycles. The minimum atomic E-state index is -0.201. The van der Waals surface area contributed by atoms with E-state index < -0.39 is 0 Å². The zero-order chi connectivity index (χ0) is 19.3. The molecule has 1 fully saturated rings. The van der Waals surface area contributed by atoms with Gasteiger partial charge in [-0.3, -0.25) is 9.80 Å². The van der Waals surface area contributed by atoms with Gasteiger partial charge < -0.3 is 4.74 Å². The van der Waals surface area contributed by atoms with Crippen molar-refractivity contribution < 1.29 is 9.53 Å². The van der Waals surface area contributed by atoms with Crippen molar-refractivity contribution in [2.24, 2.45) is 0 Å². The summed E-state index contributed by atoms with van der Waals surface area (Å²) in [6.45, 7) is 5.76. The van der Waals surface area contributed by atoms with Gasteiger partial charge in [0.2, 0.25) is 0 Å². The molecule has 2 aliphatic rings. The number of carbonyl (C=O) groups is 1. The predicted octanol–water partition coefficient (Wildman–Crippen LogP) is 4.65. The van der Waals surface area contributed by atoms with Gasteiger partial charge in [-0.05, 0) is 56.0 Å². The topological polar surface area (TPSA) is 32.8 Å². The normalized spacial score (nSPS) is 21.0. The Labute approximate surface area is 168 Å². The fraction of sp³-hybridized carbons (Fsp3) is 0.458. The molecular weight excluding hydrogens is 348 g/mol. The molecule has 0 bridgehead atoms. The molecule has 0 N–H and O–H groups in total. The van der Waals surface area contributed by atoms with Crippen LogP contribution in [0, 0.1) is 0 Å². The van der Waals surface area contributed by atoms with E-state index in [4.69, 9.17) is 4.74 Å². The minimum Gasteiger partial charge on any atom is -0.445 e. The lowest BCUT2D eigenvalue weighted by Crippen LogP contribution is -2.44. The third-order valence-electron chi connectivity index (χ3n) is 5.90. The van der Waals surface area contributed by atoms with Crippen molar-refractivity contribution in [2.45, 2.75) is 44.8 Å². The Morgan fingerprint density at radius 2 is 1.71 bits per heavy atom. The Morgan fingerprint density at radius 1 is 1.00 bits per heavy atom. The van der Waals surface area contributed by atoms with Gasteiger partial charge in [-0.25, -0.2) is 4.79 Å². The number of ether oxygens (including phenoxy) is 1. The van der Waals surface area contributed by atoms with Crippen molar-refractivity contribution in [3.63, 3.8) is 0 Å². The van der Waals surface area contributed by atoms with Crippen LogP contribution in [0.2, 0.25) is 0 Å². The number of amides is 1. The van der Waals surface area contributed by atoms with Crippen LogP contribution in [0.15, 0.2) is 54.6 Å². The third kappa shape index (κ3) is 4.22. The summed E-state index contributed by atoms with van der Waals surface area (Å²) in [6, 6.07) is 18.7. The maximum atomic E-state index is 13.1. The Kier molecular flexibility index (Phi) is 5.96. The summed E-state index contributed by atoms with van der Waals surface area (Å²) < 4.78 is 5.90. The van der Waals surface area contributed by atoms with Crippen molar-refractivity contribution in [1.82, 2.24) is 9.80 Å². The number of rotatable bonds is 4. The molecule has 1 saturated heterocycles. The highest BCUT2D eigenvalue weighted by Gasteiger charge is 2.33. The second-order valence-electron chi connectivity index (χ2n) is 8.01. The summed E-state index contributed by atoms with van der Waals surface area (Å²) in [4.78, 5) is 17.5. The summed E-state index contributed by atoms with van der Waals surface area (Å²) in [7, 11) is 0. The molecule has 0 aliphatic carbocycles. The largest absolute Gasteiger partial charge is 0.445 e. The van der Waals surface area contributed by atoms with Crippen molar-refractivity contribution >= 4 is 6.09 Å². The molecule has 1 unspecified atom stereocenters. The first-order valence-corrected chi connectivity index (χ1v) is 10.5. The number of nitrogens with zero attached hydrogens (tertiary/aromatic N) is 2. The van der Waals surface area contributed by atoms with Crippen LogP contribution < -0.4 is 0 Å². The van der Waals surface area contributed by atoms with Gasteiger partial charge in [0, 0.05) is 13.1 Å². The molecule has 2 atom stereocenters. The van der Waals surface area contributed by atoms with Crippen LogP contribution in [0.3, 0.4) is 0 Å². The molecule has 0 saturated carbocycles. The van der Waals surface area contributed by atoms with Crippen molar-refractivity contribution in [3.8, 4) is 0 Å². The number of likely N-dealkylation sites (tertiary alicyclic amines) is 1. The highest BCUT2D eigenvalue weighted by atomic mass is 16.6. The Balaban J connectivity index is 1.51. The first-order chi connectivity index (χ1) is 13.7. The van der Waals surface area contributed by atoms with Crippen LogP contribution in [0.5, 0.6) is 0 Å². The molecule has 28 heavy (non-hydrogen) atoms. The number of hydrogen-bond acceptors (Lipinski definition) is 3. The maximum absolute atomic E-state index is 13.1. The quantitative estimate of drug-likeness (QED) is 0.777. The highest BCUT2D eigenvalue weighted by molar-refractivity contribution is 5.70. The van der Waals surface area contributed by atoms with Gasteiger partial charge in [0.1, 0.15) is 6.10 Å². The number of hydrogen-bond donors (Lipinski definition) is 0. The molecule has 2 aromatic carbocycles. The standard InChI is InChI=1S/C24H30N2O2/c1-19(18-25-15-8-3-9-16-25)28-24(27)26-17-14-20-10-6-7-13-22(20)23(26)21-11-4-2-5-12-21/h2,4-7,10-13,19,23H,3,8-9,14-18H2,1H3/t19-,23?/m1/s1. The van der Waals surface area contributed by atoms with Gasteiger partial charge >= 0.3 is 6.09 Å². The summed E-state index contributed by atoms with van der Waals surface area (Å²) in [5.74, 6) is 0. The molecule has 2 aliphatic heterocycles. The first kappa shape index (κ1) is 19.0. The lowest BCUT2D eigenvalue weighted by Gasteiger charge is -2.38. The zero-order valence-electron chi connectivity index (χ0n) is 16.7. The number of piperidine rings is 1. The van der Waals surface area contributed by atoms with Gasteiger partial charge in [0.05, 0.1) is 6.04 Å².